The molecule has 5 nitrogen and oxygen atoms in total. The maximum Gasteiger partial charge on any atom is 0.335 e. The molecule has 0 N–H and O–H groups in total. The molecule has 2 atom stereocenters. The Morgan fingerprint density at radius 2 is 2.38 bits per heavy atom. The van der Waals surface area contributed by atoms with Crippen molar-refractivity contribution in [2.45, 2.75) is 32.7 Å². The van der Waals surface area contributed by atoms with Crippen molar-refractivity contribution >= 4 is 17.3 Å². The number of furan rings is 1. The Balaban J connectivity index is 2.18. The highest BCUT2D eigenvalue weighted by atomic mass is 32.2. The van der Waals surface area contributed by atoms with Gasteiger partial charge in [-0.15, -0.1) is 4.31 Å². The molecule has 1 unspecified atom stereocenters. The van der Waals surface area contributed by atoms with Crippen LogP contribution in [0.4, 0.5) is 0 Å². The van der Waals surface area contributed by atoms with E-state index in [1.807, 2.05) is 4.31 Å². The first-order chi connectivity index (χ1) is 10.2. The molecule has 0 spiro atoms. The first kappa shape index (κ1) is 16.1. The van der Waals surface area contributed by atoms with Crippen LogP contribution in [0, 0.1) is 0 Å². The van der Waals surface area contributed by atoms with E-state index in [1.54, 1.807) is 31.6 Å². The van der Waals surface area contributed by atoms with Crippen molar-refractivity contribution in [3.8, 4) is 0 Å². The maximum atomic E-state index is 12.5. The summed E-state index contributed by atoms with van der Waals surface area (Å²) in [4.78, 5) is 12.1. The molecule has 1 aromatic rings. The molecule has 1 aromatic heterocycles. The highest BCUT2D eigenvalue weighted by Gasteiger charge is 2.40. The van der Waals surface area contributed by atoms with Crippen molar-refractivity contribution in [3.05, 3.63) is 35.8 Å². The van der Waals surface area contributed by atoms with Crippen LogP contribution in [0.15, 0.2) is 34.7 Å². The molecule has 0 radical (unpaired) electrons. The molecule has 0 aliphatic carbocycles. The minimum Gasteiger partial charge on any atom is -0.598 e. The van der Waals surface area contributed by atoms with E-state index in [9.17, 15) is 9.35 Å². The lowest BCUT2D eigenvalue weighted by molar-refractivity contribution is -0.138. The Morgan fingerprint density at radius 1 is 1.57 bits per heavy atom. The molecule has 2 rings (SSSR count). The minimum atomic E-state index is -1.12. The molecule has 21 heavy (non-hydrogen) atoms. The molecule has 0 aromatic carbocycles. The van der Waals surface area contributed by atoms with Gasteiger partial charge in [-0.25, -0.2) is 4.79 Å². The van der Waals surface area contributed by atoms with Crippen molar-refractivity contribution in [1.29, 1.82) is 0 Å². The lowest BCUT2D eigenvalue weighted by atomic mass is 10.0. The molecule has 0 fully saturated rings. The number of esters is 1. The molecular formula is C15H21NO4S. The summed E-state index contributed by atoms with van der Waals surface area (Å²) in [7, 11) is 0. The monoisotopic (exact) mass is 311 g/mol. The molecule has 2 heterocycles. The van der Waals surface area contributed by atoms with E-state index >= 15 is 0 Å². The van der Waals surface area contributed by atoms with Gasteiger partial charge in [-0.1, -0.05) is 19.4 Å². The van der Waals surface area contributed by atoms with E-state index < -0.39 is 11.4 Å². The molecule has 0 bridgehead atoms. The Bertz CT molecular complexity index is 486. The number of rotatable bonds is 7. The van der Waals surface area contributed by atoms with Crippen LogP contribution in [0.5, 0.6) is 0 Å². The van der Waals surface area contributed by atoms with Gasteiger partial charge in [0.1, 0.15) is 11.8 Å². The molecule has 1 aliphatic heterocycles. The van der Waals surface area contributed by atoms with Crippen LogP contribution in [-0.2, 0) is 20.9 Å². The van der Waals surface area contributed by atoms with Crippen LogP contribution in [-0.4, -0.2) is 33.7 Å². The first-order valence-corrected chi connectivity index (χ1v) is 8.51. The van der Waals surface area contributed by atoms with Gasteiger partial charge >= 0.3 is 5.97 Å². The molecular weight excluding hydrogens is 290 g/mol. The summed E-state index contributed by atoms with van der Waals surface area (Å²) in [6, 6.07) is 1.45. The van der Waals surface area contributed by atoms with Gasteiger partial charge in [0.2, 0.25) is 0 Å². The lowest BCUT2D eigenvalue weighted by Gasteiger charge is -2.26. The predicted octanol–water partition coefficient (Wildman–Crippen LogP) is 2.59. The van der Waals surface area contributed by atoms with Gasteiger partial charge in [-0.05, 0) is 19.4 Å². The predicted molar refractivity (Wildman–Crippen MR) is 80.8 cm³/mol. The second kappa shape index (κ2) is 7.68. The number of carbonyl (C=O) groups is 1. The zero-order valence-corrected chi connectivity index (χ0v) is 13.2. The molecule has 6 heteroatoms. The van der Waals surface area contributed by atoms with Crippen LogP contribution in [0.25, 0.3) is 0 Å². The third-order valence-corrected chi connectivity index (χ3v) is 4.90. The fraction of sp³-hybridized carbons (Fsp3) is 0.533. The second-order valence-electron chi connectivity index (χ2n) is 4.82. The topological polar surface area (TPSA) is 65.7 Å². The molecule has 0 amide bonds. The Morgan fingerprint density at radius 3 is 3.00 bits per heavy atom. The van der Waals surface area contributed by atoms with Crippen molar-refractivity contribution in [1.82, 2.24) is 4.31 Å². The number of hydrogen-bond donors (Lipinski definition) is 0. The number of nitrogens with zero attached hydrogens (tertiary/aromatic N) is 1. The average molecular weight is 311 g/mol. The number of carbonyl (C=O) groups excluding carboxylic acids is 1. The zero-order chi connectivity index (χ0) is 15.2. The van der Waals surface area contributed by atoms with Gasteiger partial charge in [0, 0.05) is 16.9 Å². The smallest absolute Gasteiger partial charge is 0.335 e. The third-order valence-electron chi connectivity index (χ3n) is 3.38. The summed E-state index contributed by atoms with van der Waals surface area (Å²) in [5, 5.41) is 0. The van der Waals surface area contributed by atoms with Gasteiger partial charge in [0.05, 0.1) is 31.3 Å². The van der Waals surface area contributed by atoms with Crippen LogP contribution < -0.4 is 0 Å². The van der Waals surface area contributed by atoms with Crippen LogP contribution >= 0.6 is 0 Å². The molecule has 0 saturated carbocycles. The van der Waals surface area contributed by atoms with Gasteiger partial charge < -0.3 is 13.7 Å². The first-order valence-electron chi connectivity index (χ1n) is 7.23. The van der Waals surface area contributed by atoms with E-state index in [-0.39, 0.29) is 12.0 Å². The van der Waals surface area contributed by atoms with Gasteiger partial charge in [0.25, 0.3) is 0 Å². The van der Waals surface area contributed by atoms with Crippen molar-refractivity contribution in [2.24, 2.45) is 0 Å². The lowest BCUT2D eigenvalue weighted by Crippen LogP contribution is -2.35. The van der Waals surface area contributed by atoms with E-state index in [0.717, 1.165) is 18.4 Å². The molecule has 116 valence electrons. The normalized spacial score (nSPS) is 20.3. The van der Waals surface area contributed by atoms with Gasteiger partial charge in [0.15, 0.2) is 0 Å². The summed E-state index contributed by atoms with van der Waals surface area (Å²) in [5.41, 5.74) is 1.37. The van der Waals surface area contributed by atoms with Gasteiger partial charge in [-0.2, -0.15) is 0 Å². The van der Waals surface area contributed by atoms with E-state index in [1.165, 1.54) is 0 Å². The fourth-order valence-corrected chi connectivity index (χ4v) is 3.81. The molecule has 1 aliphatic rings. The van der Waals surface area contributed by atoms with Crippen LogP contribution in [0.3, 0.4) is 0 Å². The quantitative estimate of drug-likeness (QED) is 0.572. The Kier molecular flexibility index (Phi) is 5.90. The average Bonchev–Trinajstić information content (AvgIpc) is 3.12. The van der Waals surface area contributed by atoms with Crippen molar-refractivity contribution in [2.75, 3.05) is 18.9 Å². The summed E-state index contributed by atoms with van der Waals surface area (Å²) >= 11 is -1.12. The largest absolute Gasteiger partial charge is 0.598 e. The van der Waals surface area contributed by atoms with Crippen molar-refractivity contribution < 1.29 is 18.5 Å². The summed E-state index contributed by atoms with van der Waals surface area (Å²) in [6.07, 6.45) is 6.85. The van der Waals surface area contributed by atoms with E-state index in [4.69, 9.17) is 9.15 Å². The maximum absolute atomic E-state index is 12.5. The van der Waals surface area contributed by atoms with Gasteiger partial charge in [-0.3, -0.25) is 0 Å². The standard InChI is InChI=1S/C15H21NO4S/c1-3-5-10-21(18)16-8-6-13(15(17)20-4-2)14(16)12-7-9-19-11-12/h6-7,9,11,14H,3-5,8,10H2,1-2H3/t14-,21?/m1/s1. The number of hydrogen-bond acceptors (Lipinski definition) is 5. The van der Waals surface area contributed by atoms with E-state index in [0.29, 0.717) is 24.5 Å². The summed E-state index contributed by atoms with van der Waals surface area (Å²) in [6.45, 7) is 4.65. The van der Waals surface area contributed by atoms with Crippen molar-refractivity contribution in [3.63, 3.8) is 0 Å². The molecule has 0 saturated heterocycles. The summed E-state index contributed by atoms with van der Waals surface area (Å²) in [5.74, 6) is 0.258. The van der Waals surface area contributed by atoms with E-state index in [2.05, 4.69) is 6.92 Å². The third kappa shape index (κ3) is 3.70. The summed E-state index contributed by atoms with van der Waals surface area (Å²) < 4.78 is 24.5. The highest BCUT2D eigenvalue weighted by molar-refractivity contribution is 7.89. The number of ether oxygens (including phenoxy) is 1. The van der Waals surface area contributed by atoms with Crippen LogP contribution in [0.2, 0.25) is 0 Å². The minimum absolute atomic E-state index is 0.327. The second-order valence-corrected chi connectivity index (χ2v) is 6.34. The number of unbranched alkanes of at least 4 members (excludes halogenated alkanes) is 1. The van der Waals surface area contributed by atoms with Crippen LogP contribution in [0.1, 0.15) is 38.3 Å². The Labute approximate surface area is 128 Å². The zero-order valence-electron chi connectivity index (χ0n) is 12.4. The SMILES string of the molecule is CCCC[S+]([O-])N1CC=C(C(=O)OCC)[C@H]1c1ccoc1. The fourth-order valence-electron chi connectivity index (χ4n) is 2.33. The Hall–Kier alpha value is -1.24. The highest BCUT2D eigenvalue weighted by Crippen LogP contribution is 2.36.